The lowest BCUT2D eigenvalue weighted by Gasteiger charge is -2.20. The van der Waals surface area contributed by atoms with Crippen molar-refractivity contribution in [2.45, 2.75) is 44.2 Å². The highest BCUT2D eigenvalue weighted by molar-refractivity contribution is 7.89. The maximum absolute atomic E-state index is 12.9. The molecule has 1 aliphatic rings. The lowest BCUT2D eigenvalue weighted by Crippen LogP contribution is -2.33. The van der Waals surface area contributed by atoms with Crippen molar-refractivity contribution < 1.29 is 12.8 Å². The van der Waals surface area contributed by atoms with E-state index < -0.39 is 10.0 Å². The van der Waals surface area contributed by atoms with Crippen LogP contribution in [0.15, 0.2) is 27.7 Å². The van der Waals surface area contributed by atoms with Crippen molar-refractivity contribution in [2.75, 3.05) is 0 Å². The number of rotatable bonds is 5. The van der Waals surface area contributed by atoms with E-state index in [2.05, 4.69) is 10.2 Å². The van der Waals surface area contributed by atoms with Gasteiger partial charge in [-0.15, -0.1) is 0 Å². The van der Waals surface area contributed by atoms with Gasteiger partial charge in [-0.05, 0) is 38.8 Å². The molecule has 6 nitrogen and oxygen atoms in total. The summed E-state index contributed by atoms with van der Waals surface area (Å²) in [5, 5.41) is 6.72. The Bertz CT molecular complexity index is 680. The second-order valence-corrected chi connectivity index (χ2v) is 6.95. The van der Waals surface area contributed by atoms with Gasteiger partial charge in [0.15, 0.2) is 0 Å². The molecule has 108 valence electrons. The summed E-state index contributed by atoms with van der Waals surface area (Å²) < 4.78 is 32.5. The lowest BCUT2D eigenvalue weighted by molar-refractivity contribution is 0.356. The lowest BCUT2D eigenvalue weighted by atomic mass is 10.4. The van der Waals surface area contributed by atoms with E-state index in [1.165, 1.54) is 4.31 Å². The molecule has 0 saturated heterocycles. The molecule has 0 aromatic carbocycles. The molecule has 1 N–H and O–H groups in total. The second-order valence-electron chi connectivity index (χ2n) is 5.12. The highest BCUT2D eigenvalue weighted by Crippen LogP contribution is 2.34. The van der Waals surface area contributed by atoms with E-state index in [1.54, 1.807) is 32.2 Å². The van der Waals surface area contributed by atoms with Crippen LogP contribution in [-0.4, -0.2) is 29.0 Å². The summed E-state index contributed by atoms with van der Waals surface area (Å²) >= 11 is 0. The molecule has 0 spiro atoms. The van der Waals surface area contributed by atoms with Crippen LogP contribution in [-0.2, 0) is 16.6 Å². The van der Waals surface area contributed by atoms with Gasteiger partial charge in [0, 0.05) is 6.04 Å². The van der Waals surface area contributed by atoms with Crippen molar-refractivity contribution in [1.82, 2.24) is 14.5 Å². The van der Waals surface area contributed by atoms with E-state index in [-0.39, 0.29) is 17.5 Å². The Morgan fingerprint density at radius 2 is 2.20 bits per heavy atom. The van der Waals surface area contributed by atoms with Crippen LogP contribution >= 0.6 is 0 Å². The molecule has 7 heteroatoms. The molecule has 0 amide bonds. The van der Waals surface area contributed by atoms with Gasteiger partial charge in [-0.2, -0.15) is 9.40 Å². The molecule has 0 radical (unpaired) electrons. The Morgan fingerprint density at radius 1 is 1.45 bits per heavy atom. The molecule has 1 fully saturated rings. The Kier molecular flexibility index (Phi) is 3.18. The van der Waals surface area contributed by atoms with Gasteiger partial charge in [0.05, 0.1) is 24.2 Å². The molecule has 2 aromatic heterocycles. The Balaban J connectivity index is 1.98. The largest absolute Gasteiger partial charge is 0.468 e. The first kappa shape index (κ1) is 13.4. The molecule has 2 aromatic rings. The third-order valence-corrected chi connectivity index (χ3v) is 5.64. The highest BCUT2D eigenvalue weighted by atomic mass is 32.2. The minimum atomic E-state index is -3.55. The van der Waals surface area contributed by atoms with Crippen molar-refractivity contribution in [3.05, 3.63) is 35.5 Å². The van der Waals surface area contributed by atoms with E-state index in [9.17, 15) is 8.42 Å². The maximum atomic E-state index is 12.9. The Hall–Kier alpha value is -1.60. The number of aromatic nitrogens is 2. The van der Waals surface area contributed by atoms with Crippen molar-refractivity contribution in [1.29, 1.82) is 0 Å². The smallest absolute Gasteiger partial charge is 0.247 e. The maximum Gasteiger partial charge on any atom is 0.247 e. The minimum Gasteiger partial charge on any atom is -0.468 e. The first-order valence-corrected chi connectivity index (χ1v) is 8.00. The number of sulfonamides is 1. The first-order valence-electron chi connectivity index (χ1n) is 6.56. The van der Waals surface area contributed by atoms with Gasteiger partial charge in [0.25, 0.3) is 0 Å². The van der Waals surface area contributed by atoms with Crippen molar-refractivity contribution in [3.8, 4) is 0 Å². The number of nitrogens with zero attached hydrogens (tertiary/aromatic N) is 2. The summed E-state index contributed by atoms with van der Waals surface area (Å²) in [6.07, 6.45) is 3.35. The van der Waals surface area contributed by atoms with Crippen LogP contribution in [0.2, 0.25) is 0 Å². The van der Waals surface area contributed by atoms with Crippen LogP contribution in [0.3, 0.4) is 0 Å². The summed E-state index contributed by atoms with van der Waals surface area (Å²) in [6.45, 7) is 3.70. The molecule has 20 heavy (non-hydrogen) atoms. The number of nitrogens with one attached hydrogen (secondary N) is 1. The van der Waals surface area contributed by atoms with E-state index in [1.807, 2.05) is 0 Å². The van der Waals surface area contributed by atoms with E-state index in [0.29, 0.717) is 17.1 Å². The van der Waals surface area contributed by atoms with Gasteiger partial charge in [-0.3, -0.25) is 5.10 Å². The van der Waals surface area contributed by atoms with Crippen molar-refractivity contribution in [3.63, 3.8) is 0 Å². The third kappa shape index (κ3) is 2.27. The van der Waals surface area contributed by atoms with Crippen LogP contribution < -0.4 is 0 Å². The van der Waals surface area contributed by atoms with Crippen molar-refractivity contribution in [2.24, 2.45) is 0 Å². The number of H-pyrrole nitrogens is 1. The zero-order valence-corrected chi connectivity index (χ0v) is 12.3. The SMILES string of the molecule is Cc1n[nH]c(C)c1S(=O)(=O)N(Cc1ccco1)C1CC1. The summed E-state index contributed by atoms with van der Waals surface area (Å²) in [4.78, 5) is 0.288. The topological polar surface area (TPSA) is 79.2 Å². The normalized spacial score (nSPS) is 15.9. The van der Waals surface area contributed by atoms with Crippen LogP contribution in [0.1, 0.15) is 30.0 Å². The van der Waals surface area contributed by atoms with E-state index >= 15 is 0 Å². The van der Waals surface area contributed by atoms with E-state index in [0.717, 1.165) is 12.8 Å². The van der Waals surface area contributed by atoms with Crippen molar-refractivity contribution >= 4 is 10.0 Å². The number of hydrogen-bond donors (Lipinski definition) is 1. The highest BCUT2D eigenvalue weighted by Gasteiger charge is 2.40. The molecule has 1 aliphatic carbocycles. The molecule has 0 unspecified atom stereocenters. The number of aromatic amines is 1. The minimum absolute atomic E-state index is 0.0683. The van der Waals surface area contributed by atoms with Crippen LogP contribution in [0, 0.1) is 13.8 Å². The van der Waals surface area contributed by atoms with Gasteiger partial charge in [0.1, 0.15) is 10.7 Å². The number of hydrogen-bond acceptors (Lipinski definition) is 4. The molecule has 0 aliphatic heterocycles. The zero-order chi connectivity index (χ0) is 14.3. The molecule has 1 saturated carbocycles. The fourth-order valence-electron chi connectivity index (χ4n) is 2.37. The molecule has 0 atom stereocenters. The summed E-state index contributed by atoms with van der Waals surface area (Å²) in [5.41, 5.74) is 1.08. The fourth-order valence-corrected chi connectivity index (χ4v) is 4.35. The molecular formula is C13H17N3O3S. The summed E-state index contributed by atoms with van der Waals surface area (Å²) in [6, 6.07) is 3.63. The first-order chi connectivity index (χ1) is 9.50. The Morgan fingerprint density at radius 3 is 2.70 bits per heavy atom. The Labute approximate surface area is 117 Å². The van der Waals surface area contributed by atoms with E-state index in [4.69, 9.17) is 4.42 Å². The zero-order valence-electron chi connectivity index (χ0n) is 11.5. The second kappa shape index (κ2) is 4.75. The quantitative estimate of drug-likeness (QED) is 0.914. The van der Waals surface area contributed by atoms with Gasteiger partial charge in [0.2, 0.25) is 10.0 Å². The summed E-state index contributed by atoms with van der Waals surface area (Å²) in [7, 11) is -3.55. The average molecular weight is 295 g/mol. The predicted octanol–water partition coefficient (Wildman–Crippen LogP) is 1.97. The average Bonchev–Trinajstić information content (AvgIpc) is 2.97. The van der Waals surface area contributed by atoms with Gasteiger partial charge < -0.3 is 4.42 Å². The van der Waals surface area contributed by atoms with Crippen LogP contribution in [0.25, 0.3) is 0 Å². The number of furan rings is 1. The number of aryl methyl sites for hydroxylation is 2. The third-order valence-electron chi connectivity index (χ3n) is 3.47. The predicted molar refractivity (Wildman–Crippen MR) is 72.5 cm³/mol. The molecule has 3 rings (SSSR count). The van der Waals surface area contributed by atoms with Crippen LogP contribution in [0.4, 0.5) is 0 Å². The van der Waals surface area contributed by atoms with Gasteiger partial charge in [-0.25, -0.2) is 8.42 Å². The fraction of sp³-hybridized carbons (Fsp3) is 0.462. The summed E-state index contributed by atoms with van der Waals surface area (Å²) in [5.74, 6) is 0.652. The van der Waals surface area contributed by atoms with Crippen LogP contribution in [0.5, 0.6) is 0 Å². The van der Waals surface area contributed by atoms with Gasteiger partial charge in [-0.1, -0.05) is 0 Å². The standard InChI is InChI=1S/C13H17N3O3S/c1-9-13(10(2)15-14-9)20(17,18)16(11-5-6-11)8-12-4-3-7-19-12/h3-4,7,11H,5-6,8H2,1-2H3,(H,14,15). The molecule has 0 bridgehead atoms. The molecule has 2 heterocycles. The molecular weight excluding hydrogens is 278 g/mol. The monoisotopic (exact) mass is 295 g/mol. The van der Waals surface area contributed by atoms with Gasteiger partial charge >= 0.3 is 0 Å².